The molecule has 0 saturated heterocycles. The van der Waals surface area contributed by atoms with Crippen molar-refractivity contribution in [2.24, 2.45) is 0 Å². The summed E-state index contributed by atoms with van der Waals surface area (Å²) in [7, 11) is 0. The van der Waals surface area contributed by atoms with Crippen LogP contribution in [0.1, 0.15) is 0 Å². The molecule has 76 valence electrons. The number of anilines is 2. The Morgan fingerprint density at radius 2 is 1.93 bits per heavy atom. The second-order valence-electron chi connectivity index (χ2n) is 3.41. The summed E-state index contributed by atoms with van der Waals surface area (Å²) in [5.74, 6) is 1.03. The molecule has 15 heavy (non-hydrogen) atoms. The van der Waals surface area contributed by atoms with E-state index >= 15 is 0 Å². The summed E-state index contributed by atoms with van der Waals surface area (Å²) in [6, 6.07) is 5.94. The van der Waals surface area contributed by atoms with Gasteiger partial charge in [0.15, 0.2) is 0 Å². The molecule has 0 radical (unpaired) electrons. The average Bonchev–Trinajstić information content (AvgIpc) is 2.77. The molecule has 5 nitrogen and oxygen atoms in total. The van der Waals surface area contributed by atoms with E-state index in [4.69, 9.17) is 0 Å². The SMILES string of the molecule is c1cc(N2CCn3nccc3N2)ccn1. The Morgan fingerprint density at radius 3 is 2.80 bits per heavy atom. The van der Waals surface area contributed by atoms with Gasteiger partial charge in [0.25, 0.3) is 0 Å². The van der Waals surface area contributed by atoms with Gasteiger partial charge in [-0.05, 0) is 12.1 Å². The number of aromatic nitrogens is 3. The van der Waals surface area contributed by atoms with Crippen LogP contribution in [0.5, 0.6) is 0 Å². The first-order valence-corrected chi connectivity index (χ1v) is 4.89. The summed E-state index contributed by atoms with van der Waals surface area (Å²) < 4.78 is 1.96. The van der Waals surface area contributed by atoms with Gasteiger partial charge in [-0.15, -0.1) is 0 Å². The van der Waals surface area contributed by atoms with Crippen molar-refractivity contribution >= 4 is 11.5 Å². The van der Waals surface area contributed by atoms with Gasteiger partial charge in [-0.1, -0.05) is 0 Å². The van der Waals surface area contributed by atoms with Crippen molar-refractivity contribution in [2.75, 3.05) is 17.0 Å². The Hall–Kier alpha value is -2.04. The van der Waals surface area contributed by atoms with Crippen molar-refractivity contribution < 1.29 is 0 Å². The molecule has 2 aromatic rings. The van der Waals surface area contributed by atoms with Crippen molar-refractivity contribution in [1.29, 1.82) is 0 Å². The molecule has 0 unspecified atom stereocenters. The van der Waals surface area contributed by atoms with Gasteiger partial charge in [0.05, 0.1) is 25.0 Å². The van der Waals surface area contributed by atoms with E-state index in [0.717, 1.165) is 24.6 Å². The second kappa shape index (κ2) is 3.27. The number of hydrogen-bond acceptors (Lipinski definition) is 4. The van der Waals surface area contributed by atoms with Crippen molar-refractivity contribution in [2.45, 2.75) is 6.54 Å². The van der Waals surface area contributed by atoms with E-state index in [1.807, 2.05) is 22.9 Å². The van der Waals surface area contributed by atoms with Gasteiger partial charge < -0.3 is 0 Å². The minimum absolute atomic E-state index is 0.900. The van der Waals surface area contributed by atoms with Gasteiger partial charge in [-0.3, -0.25) is 15.4 Å². The molecule has 0 fully saturated rings. The lowest BCUT2D eigenvalue weighted by Gasteiger charge is -2.30. The zero-order valence-electron chi connectivity index (χ0n) is 8.17. The average molecular weight is 201 g/mol. The molecule has 2 aromatic heterocycles. The van der Waals surface area contributed by atoms with E-state index in [9.17, 15) is 0 Å². The second-order valence-corrected chi connectivity index (χ2v) is 3.41. The van der Waals surface area contributed by atoms with Crippen LogP contribution in [0.2, 0.25) is 0 Å². The molecule has 1 N–H and O–H groups in total. The van der Waals surface area contributed by atoms with Crippen LogP contribution in [0.3, 0.4) is 0 Å². The third-order valence-corrected chi connectivity index (χ3v) is 2.48. The van der Waals surface area contributed by atoms with Crippen LogP contribution >= 0.6 is 0 Å². The number of nitrogens with one attached hydrogen (secondary N) is 1. The molecule has 0 saturated carbocycles. The lowest BCUT2D eigenvalue weighted by Crippen LogP contribution is -2.38. The van der Waals surface area contributed by atoms with E-state index in [1.54, 1.807) is 18.6 Å². The first kappa shape index (κ1) is 8.28. The molecule has 0 aromatic carbocycles. The maximum absolute atomic E-state index is 4.20. The molecule has 5 heteroatoms. The predicted octanol–water partition coefficient (Wildman–Crippen LogP) is 1.13. The van der Waals surface area contributed by atoms with Gasteiger partial charge in [-0.2, -0.15) is 5.10 Å². The van der Waals surface area contributed by atoms with Gasteiger partial charge in [-0.25, -0.2) is 4.68 Å². The van der Waals surface area contributed by atoms with Crippen LogP contribution in [0, 0.1) is 0 Å². The standard InChI is InChI=1S/C10H11N5/c1-4-11-5-2-9(1)14-7-8-15-10(13-14)3-6-12-15/h1-6,13H,7-8H2. The molecule has 0 bridgehead atoms. The van der Waals surface area contributed by atoms with Crippen LogP contribution in [0.25, 0.3) is 0 Å². The predicted molar refractivity (Wildman–Crippen MR) is 57.4 cm³/mol. The van der Waals surface area contributed by atoms with E-state index in [2.05, 4.69) is 20.5 Å². The van der Waals surface area contributed by atoms with Crippen molar-refractivity contribution in [1.82, 2.24) is 14.8 Å². The highest BCUT2D eigenvalue weighted by atomic mass is 15.6. The highest BCUT2D eigenvalue weighted by Crippen LogP contribution is 2.18. The summed E-state index contributed by atoms with van der Waals surface area (Å²) in [4.78, 5) is 4.00. The monoisotopic (exact) mass is 201 g/mol. The molecule has 3 heterocycles. The van der Waals surface area contributed by atoms with Crippen LogP contribution < -0.4 is 10.4 Å². The van der Waals surface area contributed by atoms with Gasteiger partial charge in [0, 0.05) is 18.5 Å². The van der Waals surface area contributed by atoms with Crippen LogP contribution in [-0.2, 0) is 6.54 Å². The Kier molecular flexibility index (Phi) is 1.81. The zero-order valence-corrected chi connectivity index (χ0v) is 8.17. The minimum atomic E-state index is 0.900. The summed E-state index contributed by atoms with van der Waals surface area (Å²) in [5, 5.41) is 6.30. The topological polar surface area (TPSA) is 46.0 Å². The van der Waals surface area contributed by atoms with Crippen LogP contribution in [-0.4, -0.2) is 21.3 Å². The quantitative estimate of drug-likeness (QED) is 0.751. The molecular formula is C10H11N5. The molecule has 3 rings (SSSR count). The normalized spacial score (nSPS) is 14.5. The van der Waals surface area contributed by atoms with E-state index in [1.165, 1.54) is 0 Å². The summed E-state index contributed by atoms with van der Waals surface area (Å²) in [5.41, 5.74) is 4.42. The largest absolute Gasteiger partial charge is 0.285 e. The smallest absolute Gasteiger partial charge is 0.143 e. The van der Waals surface area contributed by atoms with Gasteiger partial charge in [0.1, 0.15) is 5.82 Å². The third kappa shape index (κ3) is 1.41. The van der Waals surface area contributed by atoms with Crippen molar-refractivity contribution in [3.8, 4) is 0 Å². The van der Waals surface area contributed by atoms with Crippen LogP contribution in [0.15, 0.2) is 36.8 Å². The summed E-state index contributed by atoms with van der Waals surface area (Å²) in [6.07, 6.45) is 5.39. The summed E-state index contributed by atoms with van der Waals surface area (Å²) in [6.45, 7) is 1.80. The fourth-order valence-electron chi connectivity index (χ4n) is 1.71. The number of rotatable bonds is 1. The van der Waals surface area contributed by atoms with Crippen molar-refractivity contribution in [3.63, 3.8) is 0 Å². The first-order valence-electron chi connectivity index (χ1n) is 4.89. The van der Waals surface area contributed by atoms with E-state index in [0.29, 0.717) is 0 Å². The number of hydrogen-bond donors (Lipinski definition) is 1. The highest BCUT2D eigenvalue weighted by Gasteiger charge is 2.15. The van der Waals surface area contributed by atoms with Crippen molar-refractivity contribution in [3.05, 3.63) is 36.8 Å². The number of nitrogens with zero attached hydrogens (tertiary/aromatic N) is 4. The lowest BCUT2D eigenvalue weighted by atomic mass is 10.3. The minimum Gasteiger partial charge on any atom is -0.285 e. The zero-order chi connectivity index (χ0) is 10.1. The Balaban J connectivity index is 1.88. The van der Waals surface area contributed by atoms with Crippen LogP contribution in [0.4, 0.5) is 11.5 Å². The van der Waals surface area contributed by atoms with Gasteiger partial charge >= 0.3 is 0 Å². The number of hydrazine groups is 1. The Labute approximate surface area is 87.3 Å². The maximum atomic E-state index is 4.20. The van der Waals surface area contributed by atoms with E-state index in [-0.39, 0.29) is 0 Å². The third-order valence-electron chi connectivity index (χ3n) is 2.48. The molecular weight excluding hydrogens is 190 g/mol. The maximum Gasteiger partial charge on any atom is 0.143 e. The fraction of sp³-hybridized carbons (Fsp3) is 0.200. The molecule has 0 amide bonds. The summed E-state index contributed by atoms with van der Waals surface area (Å²) >= 11 is 0. The molecule has 0 spiro atoms. The lowest BCUT2D eigenvalue weighted by molar-refractivity contribution is 0.582. The number of fused-ring (bicyclic) bond motifs is 1. The van der Waals surface area contributed by atoms with E-state index < -0.39 is 0 Å². The molecule has 1 aliphatic heterocycles. The Bertz CT molecular complexity index is 450. The molecule has 0 aliphatic carbocycles. The highest BCUT2D eigenvalue weighted by molar-refractivity contribution is 5.52. The molecule has 1 aliphatic rings. The van der Waals surface area contributed by atoms with Gasteiger partial charge in [0.2, 0.25) is 0 Å². The fourth-order valence-corrected chi connectivity index (χ4v) is 1.71. The number of pyridine rings is 1. The Morgan fingerprint density at radius 1 is 1.07 bits per heavy atom. The first-order chi connectivity index (χ1) is 7.43. The molecule has 0 atom stereocenters.